The normalized spacial score (nSPS) is 12.4. The van der Waals surface area contributed by atoms with Crippen LogP contribution in [0.1, 0.15) is 20.8 Å². The van der Waals surface area contributed by atoms with Crippen molar-refractivity contribution in [1.29, 1.82) is 0 Å². The van der Waals surface area contributed by atoms with Gasteiger partial charge >= 0.3 is 0 Å². The molecular formula is C9H17N. The zero-order valence-corrected chi connectivity index (χ0v) is 7.15. The number of nitrogens with two attached hydrogens (primary N) is 1. The van der Waals surface area contributed by atoms with Crippen LogP contribution in [0.5, 0.6) is 0 Å². The molecule has 0 heterocycles. The maximum Gasteiger partial charge on any atom is 0.00146 e. The van der Waals surface area contributed by atoms with E-state index in [9.17, 15) is 0 Å². The van der Waals surface area contributed by atoms with Gasteiger partial charge in [-0.25, -0.2) is 0 Å². The van der Waals surface area contributed by atoms with Crippen molar-refractivity contribution in [2.75, 3.05) is 6.54 Å². The summed E-state index contributed by atoms with van der Waals surface area (Å²) in [6.07, 6.45) is 3.99. The van der Waals surface area contributed by atoms with E-state index in [1.165, 1.54) is 0 Å². The Labute approximate surface area is 63.6 Å². The maximum absolute atomic E-state index is 5.54. The number of hydrogen-bond donors (Lipinski definition) is 1. The Hall–Kier alpha value is -0.560. The van der Waals surface area contributed by atoms with E-state index in [0.29, 0.717) is 6.54 Å². The van der Waals surface area contributed by atoms with E-state index in [4.69, 9.17) is 5.73 Å². The van der Waals surface area contributed by atoms with Crippen LogP contribution in [0.25, 0.3) is 0 Å². The molecule has 0 aromatic rings. The number of rotatable bonds is 3. The smallest absolute Gasteiger partial charge is 0.00146 e. The molecule has 0 unspecified atom stereocenters. The molecule has 0 aliphatic heterocycles. The van der Waals surface area contributed by atoms with E-state index in [1.807, 2.05) is 19.1 Å². The third kappa shape index (κ3) is 2.36. The van der Waals surface area contributed by atoms with E-state index in [-0.39, 0.29) is 5.41 Å². The van der Waals surface area contributed by atoms with Gasteiger partial charge in [0.05, 0.1) is 0 Å². The molecule has 0 saturated carbocycles. The lowest BCUT2D eigenvalue weighted by Gasteiger charge is -2.22. The van der Waals surface area contributed by atoms with Crippen molar-refractivity contribution in [2.45, 2.75) is 20.8 Å². The standard InChI is InChI=1S/C9H17N/c1-5-6-8(2)9(3,4)7-10/h5-6H,2,7,10H2,1,3-4H3/b6-5-. The molecule has 0 fully saturated rings. The lowest BCUT2D eigenvalue weighted by Crippen LogP contribution is -2.24. The van der Waals surface area contributed by atoms with Gasteiger partial charge < -0.3 is 5.73 Å². The van der Waals surface area contributed by atoms with E-state index >= 15 is 0 Å². The summed E-state index contributed by atoms with van der Waals surface area (Å²) in [5.41, 5.74) is 6.69. The number of hydrogen-bond acceptors (Lipinski definition) is 1. The highest BCUT2D eigenvalue weighted by Gasteiger charge is 2.16. The molecule has 1 heteroatoms. The minimum absolute atomic E-state index is 0.0481. The highest BCUT2D eigenvalue weighted by atomic mass is 14.6. The summed E-state index contributed by atoms with van der Waals surface area (Å²) in [6.45, 7) is 10.7. The molecule has 58 valence electrons. The van der Waals surface area contributed by atoms with Gasteiger partial charge in [-0.2, -0.15) is 0 Å². The fourth-order valence-corrected chi connectivity index (χ4v) is 0.558. The molecule has 0 spiro atoms. The van der Waals surface area contributed by atoms with Crippen LogP contribution in [0.3, 0.4) is 0 Å². The van der Waals surface area contributed by atoms with Crippen molar-refractivity contribution in [3.05, 3.63) is 24.3 Å². The van der Waals surface area contributed by atoms with Gasteiger partial charge in [-0.05, 0) is 12.5 Å². The average molecular weight is 139 g/mol. The first-order chi connectivity index (χ1) is 4.54. The van der Waals surface area contributed by atoms with Crippen molar-refractivity contribution in [3.63, 3.8) is 0 Å². The predicted molar refractivity (Wildman–Crippen MR) is 46.8 cm³/mol. The van der Waals surface area contributed by atoms with E-state index < -0.39 is 0 Å². The van der Waals surface area contributed by atoms with Crippen LogP contribution in [0, 0.1) is 5.41 Å². The molecule has 0 bridgehead atoms. The molecule has 0 amide bonds. The average Bonchev–Trinajstić information content (AvgIpc) is 1.89. The molecule has 0 radical (unpaired) electrons. The first-order valence-electron chi connectivity index (χ1n) is 3.56. The van der Waals surface area contributed by atoms with Gasteiger partial charge in [0.2, 0.25) is 0 Å². The zero-order chi connectivity index (χ0) is 8.20. The van der Waals surface area contributed by atoms with Crippen LogP contribution in [0.2, 0.25) is 0 Å². The third-order valence-electron chi connectivity index (χ3n) is 1.75. The van der Waals surface area contributed by atoms with Gasteiger partial charge in [0, 0.05) is 12.0 Å². The second-order valence-corrected chi connectivity index (χ2v) is 3.11. The fourth-order valence-electron chi connectivity index (χ4n) is 0.558. The summed E-state index contributed by atoms with van der Waals surface area (Å²) < 4.78 is 0. The van der Waals surface area contributed by atoms with Crippen molar-refractivity contribution in [3.8, 4) is 0 Å². The van der Waals surface area contributed by atoms with Crippen molar-refractivity contribution < 1.29 is 0 Å². The Morgan fingerprint density at radius 3 is 2.40 bits per heavy atom. The molecule has 10 heavy (non-hydrogen) atoms. The Kier molecular flexibility index (Phi) is 3.37. The van der Waals surface area contributed by atoms with Crippen LogP contribution in [0.4, 0.5) is 0 Å². The third-order valence-corrected chi connectivity index (χ3v) is 1.75. The van der Waals surface area contributed by atoms with Crippen molar-refractivity contribution in [2.24, 2.45) is 11.1 Å². The molecule has 0 aromatic heterocycles. The Bertz CT molecular complexity index is 143. The molecule has 0 aromatic carbocycles. The summed E-state index contributed by atoms with van der Waals surface area (Å²) in [5.74, 6) is 0. The molecular weight excluding hydrogens is 122 g/mol. The summed E-state index contributed by atoms with van der Waals surface area (Å²) >= 11 is 0. The zero-order valence-electron chi connectivity index (χ0n) is 7.15. The molecule has 0 saturated heterocycles. The van der Waals surface area contributed by atoms with Gasteiger partial charge in [0.25, 0.3) is 0 Å². The fraction of sp³-hybridized carbons (Fsp3) is 0.556. The second-order valence-electron chi connectivity index (χ2n) is 3.11. The Balaban J connectivity index is 4.18. The molecule has 2 N–H and O–H groups in total. The SMILES string of the molecule is C=C(/C=C\C)C(C)(C)CN. The molecule has 0 aliphatic carbocycles. The highest BCUT2D eigenvalue weighted by molar-refractivity contribution is 5.21. The predicted octanol–water partition coefficient (Wildman–Crippen LogP) is 2.10. The summed E-state index contributed by atoms with van der Waals surface area (Å²) in [6, 6.07) is 0. The van der Waals surface area contributed by atoms with Crippen LogP contribution in [-0.4, -0.2) is 6.54 Å². The lowest BCUT2D eigenvalue weighted by molar-refractivity contribution is 0.473. The van der Waals surface area contributed by atoms with E-state index in [1.54, 1.807) is 0 Å². The van der Waals surface area contributed by atoms with Gasteiger partial charge in [0.1, 0.15) is 0 Å². The van der Waals surface area contributed by atoms with E-state index in [0.717, 1.165) is 5.57 Å². The lowest BCUT2D eigenvalue weighted by atomic mass is 9.85. The summed E-state index contributed by atoms with van der Waals surface area (Å²) in [5, 5.41) is 0. The molecule has 1 nitrogen and oxygen atoms in total. The van der Waals surface area contributed by atoms with Crippen LogP contribution in [0.15, 0.2) is 24.3 Å². The number of allylic oxidation sites excluding steroid dienone is 2. The van der Waals surface area contributed by atoms with Crippen LogP contribution >= 0.6 is 0 Å². The van der Waals surface area contributed by atoms with Gasteiger partial charge in [-0.15, -0.1) is 0 Å². The Morgan fingerprint density at radius 2 is 2.10 bits per heavy atom. The summed E-state index contributed by atoms with van der Waals surface area (Å²) in [4.78, 5) is 0. The topological polar surface area (TPSA) is 26.0 Å². The minimum Gasteiger partial charge on any atom is -0.330 e. The van der Waals surface area contributed by atoms with Crippen LogP contribution in [-0.2, 0) is 0 Å². The van der Waals surface area contributed by atoms with Crippen LogP contribution < -0.4 is 5.73 Å². The van der Waals surface area contributed by atoms with Crippen molar-refractivity contribution >= 4 is 0 Å². The molecule has 0 atom stereocenters. The minimum atomic E-state index is 0.0481. The first kappa shape index (κ1) is 9.44. The van der Waals surface area contributed by atoms with Crippen molar-refractivity contribution in [1.82, 2.24) is 0 Å². The monoisotopic (exact) mass is 139 g/mol. The molecule has 0 aliphatic rings. The van der Waals surface area contributed by atoms with Gasteiger partial charge in [0.15, 0.2) is 0 Å². The maximum atomic E-state index is 5.54. The highest BCUT2D eigenvalue weighted by Crippen LogP contribution is 2.23. The van der Waals surface area contributed by atoms with E-state index in [2.05, 4.69) is 20.4 Å². The Morgan fingerprint density at radius 1 is 1.60 bits per heavy atom. The van der Waals surface area contributed by atoms with Gasteiger partial charge in [-0.1, -0.05) is 32.6 Å². The summed E-state index contributed by atoms with van der Waals surface area (Å²) in [7, 11) is 0. The molecule has 0 rings (SSSR count). The largest absolute Gasteiger partial charge is 0.330 e. The van der Waals surface area contributed by atoms with Gasteiger partial charge in [-0.3, -0.25) is 0 Å². The first-order valence-corrected chi connectivity index (χ1v) is 3.56. The second kappa shape index (κ2) is 3.57. The quantitative estimate of drug-likeness (QED) is 0.595.